The van der Waals surface area contributed by atoms with Gasteiger partial charge < -0.3 is 14.5 Å². The number of hydrogen-bond donors (Lipinski definition) is 0. The molecule has 3 aromatic rings. The quantitative estimate of drug-likeness (QED) is 0.150. The Kier molecular flexibility index (Phi) is 9.61. The molecule has 2 fully saturated rings. The summed E-state index contributed by atoms with van der Waals surface area (Å²) in [5, 5.41) is 5.65. The number of rotatable bonds is 11. The molecule has 1 aliphatic carbocycles. The average Bonchev–Trinajstić information content (AvgIpc) is 3.55. The predicted octanol–water partition coefficient (Wildman–Crippen LogP) is 5.30. The first kappa shape index (κ1) is 34.0. The van der Waals surface area contributed by atoms with Crippen LogP contribution in [-0.2, 0) is 25.7 Å². The van der Waals surface area contributed by atoms with E-state index in [1.165, 1.54) is 21.0 Å². The van der Waals surface area contributed by atoms with E-state index >= 15 is 0 Å². The maximum absolute atomic E-state index is 14.2. The highest BCUT2D eigenvalue weighted by Crippen LogP contribution is 2.40. The van der Waals surface area contributed by atoms with Crippen LogP contribution in [-0.4, -0.2) is 96.7 Å². The van der Waals surface area contributed by atoms with E-state index < -0.39 is 29.3 Å². The van der Waals surface area contributed by atoms with Gasteiger partial charge in [0.05, 0.1) is 5.69 Å². The van der Waals surface area contributed by atoms with Crippen LogP contribution in [0.1, 0.15) is 31.7 Å². The third-order valence-electron chi connectivity index (χ3n) is 7.71. The molecule has 0 unspecified atom stereocenters. The zero-order valence-electron chi connectivity index (χ0n) is 25.8. The zero-order valence-corrected chi connectivity index (χ0v) is 29.2. The second kappa shape index (κ2) is 12.7. The Labute approximate surface area is 270 Å². The van der Waals surface area contributed by atoms with Crippen molar-refractivity contribution in [3.05, 3.63) is 22.4 Å². The number of hydrogen-bond acceptors (Lipinski definition) is 9. The molecule has 4 heterocycles. The number of fused-ring (bicyclic) bond motifs is 1. The molecule has 5 rings (SSSR count). The molecule has 3 aromatic heterocycles. The molecule has 0 aromatic carbocycles. The first-order valence-corrected chi connectivity index (χ1v) is 21.1. The molecule has 1 saturated carbocycles. The van der Waals surface area contributed by atoms with E-state index in [1.807, 2.05) is 18.7 Å². The van der Waals surface area contributed by atoms with E-state index in [9.17, 15) is 26.4 Å². The largest absolute Gasteiger partial charge is 0.445 e. The van der Waals surface area contributed by atoms with Crippen LogP contribution in [0.2, 0.25) is 30.8 Å². The Morgan fingerprint density at radius 2 is 1.84 bits per heavy atom. The molecular weight excluding hydrogens is 671 g/mol. The Morgan fingerprint density at radius 1 is 1.18 bits per heavy atom. The average molecular weight is 708 g/mol. The lowest BCUT2D eigenvalue weighted by molar-refractivity contribution is -0.138. The number of piperazine rings is 1. The summed E-state index contributed by atoms with van der Waals surface area (Å²) in [7, 11) is -5.52. The van der Waals surface area contributed by atoms with Crippen LogP contribution in [0.25, 0.3) is 16.3 Å². The lowest BCUT2D eigenvalue weighted by Crippen LogP contribution is -2.50. The fourth-order valence-electron chi connectivity index (χ4n) is 5.02. The number of amides is 1. The van der Waals surface area contributed by atoms with Gasteiger partial charge in [0.15, 0.2) is 16.0 Å². The van der Waals surface area contributed by atoms with Crippen LogP contribution in [0, 0.1) is 5.92 Å². The number of imidazole rings is 1. The van der Waals surface area contributed by atoms with Crippen molar-refractivity contribution in [2.24, 2.45) is 5.92 Å². The van der Waals surface area contributed by atoms with Crippen molar-refractivity contribution in [1.82, 2.24) is 28.8 Å². The molecule has 0 N–H and O–H groups in total. The van der Waals surface area contributed by atoms with Crippen LogP contribution in [0.4, 0.5) is 18.9 Å². The Balaban J connectivity index is 1.57. The monoisotopic (exact) mass is 707 g/mol. The van der Waals surface area contributed by atoms with E-state index in [1.54, 1.807) is 4.90 Å². The van der Waals surface area contributed by atoms with Crippen LogP contribution in [0.15, 0.2) is 17.2 Å². The number of carbonyl (C=O) groups excluding carboxylic acids is 1. The number of alkyl halides is 3. The zero-order chi connectivity index (χ0) is 32.9. The number of carbonyl (C=O) groups is 1. The van der Waals surface area contributed by atoms with Crippen molar-refractivity contribution in [2.45, 2.75) is 69.5 Å². The van der Waals surface area contributed by atoms with Crippen molar-refractivity contribution in [2.75, 3.05) is 44.4 Å². The Morgan fingerprint density at radius 3 is 2.40 bits per heavy atom. The van der Waals surface area contributed by atoms with Crippen LogP contribution >= 0.6 is 22.9 Å². The first-order valence-electron chi connectivity index (χ1n) is 14.7. The molecule has 0 radical (unpaired) electrons. The number of pyridine rings is 1. The van der Waals surface area contributed by atoms with Gasteiger partial charge in [0, 0.05) is 59.0 Å². The van der Waals surface area contributed by atoms with Gasteiger partial charge in [-0.2, -0.15) is 17.5 Å². The minimum atomic E-state index is -4.71. The predicted molar refractivity (Wildman–Crippen MR) is 169 cm³/mol. The molecule has 1 aliphatic heterocycles. The van der Waals surface area contributed by atoms with Gasteiger partial charge in [-0.05, 0) is 25.0 Å². The number of nitrogens with zero attached hydrogens (tertiary/aromatic N) is 7. The summed E-state index contributed by atoms with van der Waals surface area (Å²) < 4.78 is 77.2. The summed E-state index contributed by atoms with van der Waals surface area (Å²) in [6.07, 6.45) is -1.98. The van der Waals surface area contributed by atoms with E-state index in [0.29, 0.717) is 68.2 Å². The fourth-order valence-corrected chi connectivity index (χ4v) is 8.33. The third-order valence-corrected chi connectivity index (χ3v) is 12.5. The number of ether oxygens (including phenoxy) is 1. The van der Waals surface area contributed by atoms with Gasteiger partial charge in [-0.1, -0.05) is 56.4 Å². The molecule has 0 bridgehead atoms. The lowest BCUT2D eigenvalue weighted by Gasteiger charge is -2.37. The highest BCUT2D eigenvalue weighted by molar-refractivity contribution is 7.89. The second-order valence-corrected chi connectivity index (χ2v) is 21.7. The molecule has 45 heavy (non-hydrogen) atoms. The van der Waals surface area contributed by atoms with Crippen molar-refractivity contribution in [1.29, 1.82) is 0 Å². The second-order valence-electron chi connectivity index (χ2n) is 12.9. The van der Waals surface area contributed by atoms with Crippen molar-refractivity contribution >= 4 is 58.1 Å². The van der Waals surface area contributed by atoms with E-state index in [-0.39, 0.29) is 45.5 Å². The standard InChI is InChI=1S/C27H37ClF3N7O4S2Si/c1-17(2)25(39)36-10-8-35(9-11-36)20-14-19(44(40,41)38(18-6-7-18)16-42-12-13-45(3,4)5)15-37-21(20)22(28)32-23(37)24-33-34-26(43-24)27(29,30)31/h14-15,17-18H,6-13,16H2,1-5H3. The van der Waals surface area contributed by atoms with Crippen molar-refractivity contribution in [3.8, 4) is 10.8 Å². The molecule has 11 nitrogen and oxygen atoms in total. The van der Waals surface area contributed by atoms with Crippen LogP contribution < -0.4 is 4.90 Å². The molecule has 1 saturated heterocycles. The number of anilines is 1. The van der Waals surface area contributed by atoms with Crippen molar-refractivity contribution in [3.63, 3.8) is 0 Å². The summed E-state index contributed by atoms with van der Waals surface area (Å²) in [6, 6.07) is 2.20. The minimum Gasteiger partial charge on any atom is -0.366 e. The molecule has 18 heteroatoms. The summed E-state index contributed by atoms with van der Waals surface area (Å²) in [5.74, 6) is -0.204. The minimum absolute atomic E-state index is 0.0201. The summed E-state index contributed by atoms with van der Waals surface area (Å²) in [6.45, 7) is 12.2. The van der Waals surface area contributed by atoms with Gasteiger partial charge in [0.2, 0.25) is 20.9 Å². The highest BCUT2D eigenvalue weighted by atomic mass is 35.5. The van der Waals surface area contributed by atoms with E-state index in [0.717, 1.165) is 6.04 Å². The molecular formula is C27H37ClF3N7O4S2Si. The van der Waals surface area contributed by atoms with Gasteiger partial charge in [0.1, 0.15) is 17.1 Å². The number of sulfonamides is 1. The highest BCUT2D eigenvalue weighted by Gasteiger charge is 2.40. The molecule has 0 spiro atoms. The lowest BCUT2D eigenvalue weighted by atomic mass is 10.1. The topological polar surface area (TPSA) is 113 Å². The van der Waals surface area contributed by atoms with E-state index in [4.69, 9.17) is 16.3 Å². The normalized spacial score (nSPS) is 16.9. The van der Waals surface area contributed by atoms with Crippen LogP contribution in [0.3, 0.4) is 0 Å². The SMILES string of the molecule is CC(C)C(=O)N1CCN(c2cc(S(=O)(=O)N(COCC[Si](C)(C)C)C3CC3)cn3c(-c4nnc(C(F)(F)F)s4)nc(Cl)c23)CC1. The van der Waals surface area contributed by atoms with Crippen molar-refractivity contribution < 1.29 is 31.1 Å². The fraction of sp³-hybridized carbons (Fsp3) is 0.630. The third kappa shape index (κ3) is 7.48. The molecule has 0 atom stereocenters. The van der Waals surface area contributed by atoms with Crippen LogP contribution in [0.5, 0.6) is 0 Å². The summed E-state index contributed by atoms with van der Waals surface area (Å²) in [4.78, 5) is 20.5. The van der Waals surface area contributed by atoms with Gasteiger partial charge in [-0.15, -0.1) is 10.2 Å². The van der Waals surface area contributed by atoms with E-state index in [2.05, 4.69) is 34.8 Å². The number of aromatic nitrogens is 4. The maximum atomic E-state index is 14.2. The van der Waals surface area contributed by atoms with Gasteiger partial charge in [0.25, 0.3) is 0 Å². The Hall–Kier alpha value is -2.31. The van der Waals surface area contributed by atoms with Gasteiger partial charge in [-0.3, -0.25) is 9.20 Å². The first-order chi connectivity index (χ1) is 21.0. The maximum Gasteiger partial charge on any atom is 0.445 e. The van der Waals surface area contributed by atoms with Gasteiger partial charge in [-0.25, -0.2) is 13.4 Å². The molecule has 248 valence electrons. The molecule has 1 amide bonds. The smallest absolute Gasteiger partial charge is 0.366 e. The number of halogens is 4. The van der Waals surface area contributed by atoms with Gasteiger partial charge >= 0.3 is 6.18 Å². The molecule has 2 aliphatic rings. The summed E-state index contributed by atoms with van der Waals surface area (Å²) in [5.41, 5.74) is 0.759. The summed E-state index contributed by atoms with van der Waals surface area (Å²) >= 11 is 6.91. The Bertz CT molecular complexity index is 1660.